The highest BCUT2D eigenvalue weighted by atomic mass is 35.5. The summed E-state index contributed by atoms with van der Waals surface area (Å²) in [5.41, 5.74) is 5.20. The highest BCUT2D eigenvalue weighted by molar-refractivity contribution is 6.30. The van der Waals surface area contributed by atoms with Crippen LogP contribution < -0.4 is 0 Å². The van der Waals surface area contributed by atoms with E-state index in [1.807, 2.05) is 48.5 Å². The maximum atomic E-state index is 12.3. The van der Waals surface area contributed by atoms with Gasteiger partial charge >= 0.3 is 0 Å². The zero-order valence-electron chi connectivity index (χ0n) is 12.6. The van der Waals surface area contributed by atoms with Crippen molar-refractivity contribution in [1.29, 1.82) is 0 Å². The number of hydrogen-bond acceptors (Lipinski definition) is 1. The van der Waals surface area contributed by atoms with E-state index in [1.54, 1.807) is 0 Å². The number of aromatic nitrogens is 1. The second-order valence-corrected chi connectivity index (χ2v) is 6.28. The van der Waals surface area contributed by atoms with Crippen molar-refractivity contribution < 1.29 is 4.79 Å². The molecule has 2 nitrogen and oxygen atoms in total. The number of fused-ring (bicyclic) bond motifs is 1. The third kappa shape index (κ3) is 2.49. The minimum atomic E-state index is 0.246. The molecule has 0 saturated carbocycles. The molecule has 0 bridgehead atoms. The Hall–Kier alpha value is -2.32. The minimum absolute atomic E-state index is 0.246. The minimum Gasteiger partial charge on any atom is -0.313 e. The largest absolute Gasteiger partial charge is 0.313 e. The SMILES string of the molecule is O=C1CCCc2c1cc(-c1ccc(Cl)cc1)n2-c1ccccc1. The maximum absolute atomic E-state index is 12.3. The molecule has 114 valence electrons. The van der Waals surface area contributed by atoms with Gasteiger partial charge in [0.2, 0.25) is 0 Å². The van der Waals surface area contributed by atoms with Gasteiger partial charge in [-0.15, -0.1) is 0 Å². The second kappa shape index (κ2) is 5.71. The van der Waals surface area contributed by atoms with Crippen LogP contribution in [0.3, 0.4) is 0 Å². The molecule has 23 heavy (non-hydrogen) atoms. The Balaban J connectivity index is 1.98. The molecule has 3 aromatic rings. The first-order valence-electron chi connectivity index (χ1n) is 7.83. The molecule has 0 N–H and O–H groups in total. The van der Waals surface area contributed by atoms with E-state index in [4.69, 9.17) is 11.6 Å². The molecule has 4 rings (SSSR count). The molecule has 0 saturated heterocycles. The number of benzene rings is 2. The zero-order chi connectivity index (χ0) is 15.8. The summed E-state index contributed by atoms with van der Waals surface area (Å²) < 4.78 is 2.22. The van der Waals surface area contributed by atoms with E-state index in [1.165, 1.54) is 0 Å². The fraction of sp³-hybridized carbons (Fsp3) is 0.150. The van der Waals surface area contributed by atoms with Crippen molar-refractivity contribution in [2.45, 2.75) is 19.3 Å². The summed E-state index contributed by atoms with van der Waals surface area (Å²) in [5, 5.41) is 0.715. The van der Waals surface area contributed by atoms with Gasteiger partial charge in [-0.25, -0.2) is 0 Å². The number of halogens is 1. The number of hydrogen-bond donors (Lipinski definition) is 0. The first-order valence-corrected chi connectivity index (χ1v) is 8.21. The summed E-state index contributed by atoms with van der Waals surface area (Å²) in [4.78, 5) is 12.3. The lowest BCUT2D eigenvalue weighted by atomic mass is 9.96. The van der Waals surface area contributed by atoms with Gasteiger partial charge in [-0.3, -0.25) is 4.79 Å². The second-order valence-electron chi connectivity index (χ2n) is 5.84. The Morgan fingerprint density at radius 2 is 1.65 bits per heavy atom. The van der Waals surface area contributed by atoms with Crippen LogP contribution in [0.2, 0.25) is 5.02 Å². The van der Waals surface area contributed by atoms with Gasteiger partial charge < -0.3 is 4.57 Å². The van der Waals surface area contributed by atoms with Crippen LogP contribution in [0.1, 0.15) is 28.9 Å². The van der Waals surface area contributed by atoms with Gasteiger partial charge in [0.1, 0.15) is 0 Å². The first kappa shape index (κ1) is 14.3. The van der Waals surface area contributed by atoms with E-state index in [0.717, 1.165) is 41.0 Å². The summed E-state index contributed by atoms with van der Waals surface area (Å²) >= 11 is 6.02. The number of rotatable bonds is 2. The van der Waals surface area contributed by atoms with Crippen LogP contribution in [-0.4, -0.2) is 10.4 Å². The molecule has 0 atom stereocenters. The highest BCUT2D eigenvalue weighted by Gasteiger charge is 2.25. The number of carbonyl (C=O) groups is 1. The lowest BCUT2D eigenvalue weighted by Crippen LogP contribution is -2.12. The average molecular weight is 322 g/mol. The van der Waals surface area contributed by atoms with Crippen molar-refractivity contribution in [2.75, 3.05) is 0 Å². The maximum Gasteiger partial charge on any atom is 0.164 e. The normalized spacial score (nSPS) is 13.9. The predicted octanol–water partition coefficient (Wildman–Crippen LogP) is 5.32. The van der Waals surface area contributed by atoms with Gasteiger partial charge in [0.25, 0.3) is 0 Å². The molecule has 1 aliphatic rings. The van der Waals surface area contributed by atoms with Gasteiger partial charge in [-0.1, -0.05) is 41.9 Å². The Labute approximate surface area is 140 Å². The van der Waals surface area contributed by atoms with Crippen molar-refractivity contribution in [3.05, 3.63) is 76.9 Å². The first-order chi connectivity index (χ1) is 11.2. The molecule has 2 aromatic carbocycles. The molecule has 0 fully saturated rings. The average Bonchev–Trinajstić information content (AvgIpc) is 2.97. The fourth-order valence-corrected chi connectivity index (χ4v) is 3.42. The Morgan fingerprint density at radius 1 is 0.913 bits per heavy atom. The third-order valence-electron chi connectivity index (χ3n) is 4.37. The van der Waals surface area contributed by atoms with E-state index in [-0.39, 0.29) is 5.78 Å². The van der Waals surface area contributed by atoms with Crippen LogP contribution in [-0.2, 0) is 6.42 Å². The van der Waals surface area contributed by atoms with Crippen molar-refractivity contribution in [3.63, 3.8) is 0 Å². The van der Waals surface area contributed by atoms with Gasteiger partial charge in [0.05, 0.1) is 5.69 Å². The summed E-state index contributed by atoms with van der Waals surface area (Å²) in [6.07, 6.45) is 2.50. The smallest absolute Gasteiger partial charge is 0.164 e. The quantitative estimate of drug-likeness (QED) is 0.626. The lowest BCUT2D eigenvalue weighted by Gasteiger charge is -2.17. The molecule has 1 heterocycles. The van der Waals surface area contributed by atoms with Crippen molar-refractivity contribution in [2.24, 2.45) is 0 Å². The van der Waals surface area contributed by atoms with E-state index >= 15 is 0 Å². The van der Waals surface area contributed by atoms with Gasteiger partial charge in [0, 0.05) is 28.4 Å². The van der Waals surface area contributed by atoms with Crippen molar-refractivity contribution in [1.82, 2.24) is 4.57 Å². The number of Topliss-reactive ketones (excluding diaryl/α,β-unsaturated/α-hetero) is 1. The molecule has 1 aromatic heterocycles. The molecule has 0 aliphatic heterocycles. The van der Waals surface area contributed by atoms with Crippen LogP contribution in [0.25, 0.3) is 16.9 Å². The molecule has 3 heteroatoms. The summed E-state index contributed by atoms with van der Waals surface area (Å²) in [5.74, 6) is 0.246. The molecule has 0 amide bonds. The predicted molar refractivity (Wildman–Crippen MR) is 93.5 cm³/mol. The summed E-state index contributed by atoms with van der Waals surface area (Å²) in [7, 11) is 0. The molecule has 1 aliphatic carbocycles. The molecule has 0 unspecified atom stereocenters. The van der Waals surface area contributed by atoms with Gasteiger partial charge in [-0.05, 0) is 48.7 Å². The van der Waals surface area contributed by atoms with Crippen molar-refractivity contribution >= 4 is 17.4 Å². The number of carbonyl (C=O) groups excluding carboxylic acids is 1. The van der Waals surface area contributed by atoms with Gasteiger partial charge in [-0.2, -0.15) is 0 Å². The standard InChI is InChI=1S/C20H16ClNO/c21-15-11-9-14(10-12-15)19-13-17-18(7-4-8-20(17)23)22(19)16-5-2-1-3-6-16/h1-3,5-6,9-13H,4,7-8H2. The fourth-order valence-electron chi connectivity index (χ4n) is 3.29. The molecule has 0 radical (unpaired) electrons. The number of ketones is 1. The summed E-state index contributed by atoms with van der Waals surface area (Å²) in [6.45, 7) is 0. The molecular weight excluding hydrogens is 306 g/mol. The van der Waals surface area contributed by atoms with E-state index < -0.39 is 0 Å². The Morgan fingerprint density at radius 3 is 2.39 bits per heavy atom. The third-order valence-corrected chi connectivity index (χ3v) is 4.63. The summed E-state index contributed by atoms with van der Waals surface area (Å²) in [6, 6.07) is 20.0. The van der Waals surface area contributed by atoms with Crippen LogP contribution >= 0.6 is 11.6 Å². The molecular formula is C20H16ClNO. The van der Waals surface area contributed by atoms with Crippen LogP contribution in [0, 0.1) is 0 Å². The lowest BCUT2D eigenvalue weighted by molar-refractivity contribution is 0.0972. The highest BCUT2D eigenvalue weighted by Crippen LogP contribution is 2.34. The number of nitrogens with zero attached hydrogens (tertiary/aromatic N) is 1. The Kier molecular flexibility index (Phi) is 3.55. The van der Waals surface area contributed by atoms with Crippen LogP contribution in [0.15, 0.2) is 60.7 Å². The van der Waals surface area contributed by atoms with E-state index in [2.05, 4.69) is 16.7 Å². The van der Waals surface area contributed by atoms with Gasteiger partial charge in [0.15, 0.2) is 5.78 Å². The Bertz CT molecular complexity index is 863. The number of para-hydroxylation sites is 1. The molecule has 0 spiro atoms. The zero-order valence-corrected chi connectivity index (χ0v) is 13.4. The van der Waals surface area contributed by atoms with Crippen LogP contribution in [0.4, 0.5) is 0 Å². The van der Waals surface area contributed by atoms with E-state index in [0.29, 0.717) is 11.4 Å². The van der Waals surface area contributed by atoms with E-state index in [9.17, 15) is 4.79 Å². The topological polar surface area (TPSA) is 22.0 Å². The van der Waals surface area contributed by atoms with Crippen molar-refractivity contribution in [3.8, 4) is 16.9 Å². The monoisotopic (exact) mass is 321 g/mol. The van der Waals surface area contributed by atoms with Crippen LogP contribution in [0.5, 0.6) is 0 Å².